The third-order valence-corrected chi connectivity index (χ3v) is 5.63. The zero-order valence-electron chi connectivity index (χ0n) is 18.8. The van der Waals surface area contributed by atoms with Crippen LogP contribution in [0.1, 0.15) is 68.6 Å². The van der Waals surface area contributed by atoms with Gasteiger partial charge in [0.1, 0.15) is 0 Å². The van der Waals surface area contributed by atoms with Crippen molar-refractivity contribution in [2.24, 2.45) is 0 Å². The van der Waals surface area contributed by atoms with Gasteiger partial charge in [-0.05, 0) is 67.5 Å². The second kappa shape index (κ2) is 13.7. The number of carbonyl (C=O) groups excluding carboxylic acids is 1. The van der Waals surface area contributed by atoms with E-state index in [1.54, 1.807) is 6.07 Å². The van der Waals surface area contributed by atoms with Crippen LogP contribution in [-0.2, 0) is 13.0 Å². The number of benzene rings is 2. The number of rotatable bonds is 12. The Kier molecular flexibility index (Phi) is 11.0. The van der Waals surface area contributed by atoms with Crippen molar-refractivity contribution in [3.05, 3.63) is 64.2 Å². The van der Waals surface area contributed by atoms with Crippen molar-refractivity contribution in [2.75, 3.05) is 11.9 Å². The van der Waals surface area contributed by atoms with E-state index in [1.165, 1.54) is 18.4 Å². The lowest BCUT2D eigenvalue weighted by Crippen LogP contribution is -2.35. The number of halogens is 1. The number of amides is 2. The van der Waals surface area contributed by atoms with Crippen LogP contribution < -0.4 is 5.32 Å². The maximum absolute atomic E-state index is 13.1. The summed E-state index contributed by atoms with van der Waals surface area (Å²) in [5, 5.41) is 12.4. The van der Waals surface area contributed by atoms with Gasteiger partial charge in [0.05, 0.1) is 6.07 Å². The van der Waals surface area contributed by atoms with Crippen LogP contribution in [0.5, 0.6) is 0 Å². The molecule has 0 spiro atoms. The first-order valence-electron chi connectivity index (χ1n) is 11.3. The monoisotopic (exact) mass is 439 g/mol. The van der Waals surface area contributed by atoms with E-state index < -0.39 is 0 Å². The number of hydrogen-bond acceptors (Lipinski definition) is 2. The van der Waals surface area contributed by atoms with Gasteiger partial charge in [-0.3, -0.25) is 0 Å². The fourth-order valence-corrected chi connectivity index (χ4v) is 3.71. The first-order chi connectivity index (χ1) is 15.0. The fourth-order valence-electron chi connectivity index (χ4n) is 3.49. The van der Waals surface area contributed by atoms with Gasteiger partial charge in [0.2, 0.25) is 0 Å². The predicted molar refractivity (Wildman–Crippen MR) is 129 cm³/mol. The summed E-state index contributed by atoms with van der Waals surface area (Å²) in [5.41, 5.74) is 4.20. The first kappa shape index (κ1) is 24.8. The molecule has 0 aliphatic carbocycles. The maximum Gasteiger partial charge on any atom is 0.322 e. The van der Waals surface area contributed by atoms with Crippen LogP contribution in [0.2, 0.25) is 5.02 Å². The molecule has 0 aromatic heterocycles. The summed E-state index contributed by atoms with van der Waals surface area (Å²) in [6.07, 6.45) is 7.96. The molecule has 31 heavy (non-hydrogen) atoms. The topological polar surface area (TPSA) is 56.1 Å². The smallest absolute Gasteiger partial charge is 0.320 e. The summed E-state index contributed by atoms with van der Waals surface area (Å²) in [7, 11) is 0. The van der Waals surface area contributed by atoms with Crippen LogP contribution in [0.3, 0.4) is 0 Å². The van der Waals surface area contributed by atoms with Gasteiger partial charge in [-0.15, -0.1) is 0 Å². The molecule has 166 valence electrons. The van der Waals surface area contributed by atoms with Crippen molar-refractivity contribution >= 4 is 23.3 Å². The minimum Gasteiger partial charge on any atom is -0.320 e. The lowest BCUT2D eigenvalue weighted by Gasteiger charge is -2.24. The molecule has 0 radical (unpaired) electrons. The van der Waals surface area contributed by atoms with Gasteiger partial charge in [0.15, 0.2) is 0 Å². The van der Waals surface area contributed by atoms with E-state index in [2.05, 4.69) is 42.6 Å². The average Bonchev–Trinajstić information content (AvgIpc) is 2.76. The van der Waals surface area contributed by atoms with Crippen molar-refractivity contribution in [3.63, 3.8) is 0 Å². The van der Waals surface area contributed by atoms with E-state index in [4.69, 9.17) is 16.9 Å². The molecule has 0 saturated carbocycles. The van der Waals surface area contributed by atoms with Crippen molar-refractivity contribution in [2.45, 2.75) is 71.8 Å². The van der Waals surface area contributed by atoms with Gasteiger partial charge in [-0.25, -0.2) is 4.79 Å². The number of nitrogens with zero attached hydrogens (tertiary/aromatic N) is 2. The quantitative estimate of drug-likeness (QED) is 0.348. The van der Waals surface area contributed by atoms with Crippen LogP contribution in [0, 0.1) is 18.3 Å². The second-order valence-corrected chi connectivity index (χ2v) is 8.49. The first-order valence-corrected chi connectivity index (χ1v) is 11.7. The molecule has 2 amide bonds. The molecule has 4 nitrogen and oxygen atoms in total. The number of unbranched alkanes of at least 4 members (excludes halogenated alkanes) is 5. The summed E-state index contributed by atoms with van der Waals surface area (Å²) >= 11 is 6.05. The van der Waals surface area contributed by atoms with E-state index in [0.717, 1.165) is 48.9 Å². The summed E-state index contributed by atoms with van der Waals surface area (Å²) < 4.78 is 0. The molecule has 1 N–H and O–H groups in total. The summed E-state index contributed by atoms with van der Waals surface area (Å²) in [5.74, 6) is 0. The number of nitriles is 1. The Labute approximate surface area is 192 Å². The van der Waals surface area contributed by atoms with Gasteiger partial charge < -0.3 is 10.2 Å². The largest absolute Gasteiger partial charge is 0.322 e. The Morgan fingerprint density at radius 2 is 1.74 bits per heavy atom. The lowest BCUT2D eigenvalue weighted by atomic mass is 10.1. The molecular formula is C26H34ClN3O. The van der Waals surface area contributed by atoms with Crippen molar-refractivity contribution in [1.29, 1.82) is 5.26 Å². The molecule has 0 aliphatic rings. The highest BCUT2D eigenvalue weighted by molar-refractivity contribution is 6.30. The lowest BCUT2D eigenvalue weighted by molar-refractivity contribution is 0.207. The highest BCUT2D eigenvalue weighted by atomic mass is 35.5. The average molecular weight is 440 g/mol. The Balaban J connectivity index is 2.02. The molecule has 0 aliphatic heterocycles. The zero-order valence-corrected chi connectivity index (χ0v) is 19.5. The van der Waals surface area contributed by atoms with Gasteiger partial charge in [0.25, 0.3) is 0 Å². The number of anilines is 1. The van der Waals surface area contributed by atoms with Gasteiger partial charge in [-0.1, -0.05) is 62.1 Å². The Bertz CT molecular complexity index is 858. The van der Waals surface area contributed by atoms with Gasteiger partial charge in [-0.2, -0.15) is 5.26 Å². The highest BCUT2D eigenvalue weighted by Crippen LogP contribution is 2.21. The molecule has 0 unspecified atom stereocenters. The van der Waals surface area contributed by atoms with Crippen LogP contribution in [0.4, 0.5) is 10.5 Å². The van der Waals surface area contributed by atoms with E-state index in [-0.39, 0.29) is 6.03 Å². The zero-order chi connectivity index (χ0) is 22.5. The number of hydrogen-bond donors (Lipinski definition) is 1. The maximum atomic E-state index is 13.1. The van der Waals surface area contributed by atoms with E-state index in [9.17, 15) is 4.79 Å². The molecule has 5 heteroatoms. The molecular weight excluding hydrogens is 406 g/mol. The van der Waals surface area contributed by atoms with Crippen molar-refractivity contribution in [3.8, 4) is 6.07 Å². The fraction of sp³-hybridized carbons (Fsp3) is 0.462. The van der Waals surface area contributed by atoms with Crippen molar-refractivity contribution in [1.82, 2.24) is 4.90 Å². The van der Waals surface area contributed by atoms with Gasteiger partial charge in [0, 0.05) is 30.2 Å². The van der Waals surface area contributed by atoms with E-state index >= 15 is 0 Å². The third-order valence-electron chi connectivity index (χ3n) is 5.40. The molecule has 0 saturated heterocycles. The summed E-state index contributed by atoms with van der Waals surface area (Å²) in [6, 6.07) is 16.2. The number of urea groups is 1. The standard InChI is InChI=1S/C26H34ClN3O/c1-3-4-10-22-11-13-23(14-12-22)20-30(18-9-7-5-6-8-17-28)26(31)29-25-16-15-24(27)19-21(25)2/h11-16,19H,3-10,18,20H2,1-2H3,(H,29,31). The number of aryl methyl sites for hydroxylation is 2. The predicted octanol–water partition coefficient (Wildman–Crippen LogP) is 7.50. The van der Waals surface area contributed by atoms with Crippen LogP contribution in [0.25, 0.3) is 0 Å². The van der Waals surface area contributed by atoms with Crippen molar-refractivity contribution < 1.29 is 4.79 Å². The molecule has 2 rings (SSSR count). The second-order valence-electron chi connectivity index (χ2n) is 8.05. The minimum atomic E-state index is -0.0995. The highest BCUT2D eigenvalue weighted by Gasteiger charge is 2.15. The van der Waals surface area contributed by atoms with E-state index in [1.807, 2.05) is 24.0 Å². The Morgan fingerprint density at radius 1 is 1.03 bits per heavy atom. The summed E-state index contributed by atoms with van der Waals surface area (Å²) in [6.45, 7) is 5.40. The van der Waals surface area contributed by atoms with Gasteiger partial charge >= 0.3 is 6.03 Å². The minimum absolute atomic E-state index is 0.0995. The number of nitrogens with one attached hydrogen (secondary N) is 1. The molecule has 0 atom stereocenters. The van der Waals surface area contributed by atoms with Crippen LogP contribution in [-0.4, -0.2) is 17.5 Å². The third kappa shape index (κ3) is 9.02. The molecule has 0 heterocycles. The summed E-state index contributed by atoms with van der Waals surface area (Å²) in [4.78, 5) is 14.9. The van der Waals surface area contributed by atoms with Crippen LogP contribution >= 0.6 is 11.6 Å². The molecule has 2 aromatic rings. The van der Waals surface area contributed by atoms with Crippen LogP contribution in [0.15, 0.2) is 42.5 Å². The number of carbonyl (C=O) groups is 1. The SMILES string of the molecule is CCCCc1ccc(CN(CCCCCCC#N)C(=O)Nc2ccc(Cl)cc2C)cc1. The Morgan fingerprint density at radius 3 is 2.42 bits per heavy atom. The Hall–Kier alpha value is -2.51. The molecule has 0 fully saturated rings. The van der Waals surface area contributed by atoms with E-state index in [0.29, 0.717) is 24.5 Å². The molecule has 0 bridgehead atoms. The normalized spacial score (nSPS) is 10.5. The molecule has 2 aromatic carbocycles.